The Morgan fingerprint density at radius 1 is 0.944 bits per heavy atom. The fourth-order valence-corrected chi connectivity index (χ4v) is 4.58. The lowest BCUT2D eigenvalue weighted by atomic mass is 9.81. The van der Waals surface area contributed by atoms with Crippen LogP contribution in [-0.4, -0.2) is 12.9 Å². The molecule has 0 saturated carbocycles. The molecule has 1 saturated heterocycles. The van der Waals surface area contributed by atoms with Gasteiger partial charge in [0, 0.05) is 22.8 Å². The van der Waals surface area contributed by atoms with Crippen LogP contribution in [0.5, 0.6) is 11.5 Å². The minimum Gasteiger partial charge on any atom is -0.491 e. The molecular weight excluding hydrogens is 479 g/mol. The van der Waals surface area contributed by atoms with Gasteiger partial charge < -0.3 is 14.2 Å². The molecule has 0 aromatic heterocycles. The molecule has 3 nitrogen and oxygen atoms in total. The quantitative estimate of drug-likeness (QED) is 0.179. The summed E-state index contributed by atoms with van der Waals surface area (Å²) in [4.78, 5) is 0. The van der Waals surface area contributed by atoms with Crippen molar-refractivity contribution in [1.29, 1.82) is 0 Å². The number of rotatable bonds is 8. The van der Waals surface area contributed by atoms with Gasteiger partial charge in [0.1, 0.15) is 17.4 Å². The van der Waals surface area contributed by atoms with Gasteiger partial charge in [0.05, 0.1) is 6.61 Å². The molecule has 1 aliphatic heterocycles. The third-order valence-corrected chi connectivity index (χ3v) is 6.40. The fraction of sp³-hybridized carbons (Fsp3) is 0.286. The number of ether oxygens (including phenoxy) is 3. The van der Waals surface area contributed by atoms with Crippen molar-refractivity contribution < 1.29 is 36.2 Å². The zero-order valence-electron chi connectivity index (χ0n) is 19.4. The molecule has 0 N–H and O–H groups in total. The highest BCUT2D eigenvalue weighted by molar-refractivity contribution is 5.76. The predicted molar refractivity (Wildman–Crippen MR) is 124 cm³/mol. The van der Waals surface area contributed by atoms with E-state index in [-0.39, 0.29) is 34.8 Å². The first-order valence-corrected chi connectivity index (χ1v) is 11.6. The third-order valence-electron chi connectivity index (χ3n) is 6.40. The number of fused-ring (bicyclic) bond motifs is 3. The summed E-state index contributed by atoms with van der Waals surface area (Å²) in [5.41, 5.74) is -0.375. The molecule has 4 atom stereocenters. The topological polar surface area (TPSA) is 31.0 Å². The van der Waals surface area contributed by atoms with Crippen LogP contribution >= 0.6 is 0 Å². The van der Waals surface area contributed by atoms with Crippen LogP contribution in [-0.2, 0) is 11.2 Å². The summed E-state index contributed by atoms with van der Waals surface area (Å²) in [7, 11) is 0. The maximum atomic E-state index is 15.5. The number of epoxide rings is 1. The lowest BCUT2D eigenvalue weighted by molar-refractivity contribution is 0.159. The van der Waals surface area contributed by atoms with Gasteiger partial charge in [-0.25, -0.2) is 22.0 Å². The summed E-state index contributed by atoms with van der Waals surface area (Å²) < 4.78 is 91.0. The van der Waals surface area contributed by atoms with E-state index in [9.17, 15) is 8.78 Å². The van der Waals surface area contributed by atoms with Gasteiger partial charge in [0.2, 0.25) is 6.29 Å². The highest BCUT2D eigenvalue weighted by Crippen LogP contribution is 2.53. The number of allylic oxidation sites excluding steroid dienone is 1. The number of benzene rings is 3. The van der Waals surface area contributed by atoms with Gasteiger partial charge in [-0.3, -0.25) is 0 Å². The highest BCUT2D eigenvalue weighted by atomic mass is 19.2. The second kappa shape index (κ2) is 9.58. The molecule has 3 aromatic carbocycles. The fourth-order valence-electron chi connectivity index (χ4n) is 4.58. The van der Waals surface area contributed by atoms with Gasteiger partial charge in [-0.2, -0.15) is 0 Å². The van der Waals surface area contributed by atoms with Crippen LogP contribution in [0.4, 0.5) is 22.0 Å². The van der Waals surface area contributed by atoms with Gasteiger partial charge >= 0.3 is 0 Å². The van der Waals surface area contributed by atoms with E-state index in [0.29, 0.717) is 18.4 Å². The van der Waals surface area contributed by atoms with E-state index in [2.05, 4.69) is 6.58 Å². The Labute approximate surface area is 205 Å². The molecule has 1 aliphatic carbocycles. The maximum Gasteiger partial charge on any atom is 0.231 e. The zero-order valence-corrected chi connectivity index (χ0v) is 19.4. The first-order valence-electron chi connectivity index (χ1n) is 11.6. The monoisotopic (exact) mass is 502 g/mol. The Bertz CT molecular complexity index is 1330. The predicted octanol–water partition coefficient (Wildman–Crippen LogP) is 7.80. The average Bonchev–Trinajstić information content (AvgIpc) is 3.61. The van der Waals surface area contributed by atoms with Crippen molar-refractivity contribution in [2.45, 2.75) is 44.5 Å². The normalized spacial score (nSPS) is 21.9. The van der Waals surface area contributed by atoms with Crippen LogP contribution < -0.4 is 9.47 Å². The SMILES string of the molecule is C=CCCc1ccc(OC2OC2c2ccc3c(c2F)C(F)C(F)c2c-3ccc(OCC)c2F)cc1F. The van der Waals surface area contributed by atoms with Crippen LogP contribution in [0, 0.1) is 17.5 Å². The average molecular weight is 502 g/mol. The van der Waals surface area contributed by atoms with E-state index in [1.807, 2.05) is 0 Å². The van der Waals surface area contributed by atoms with Crippen molar-refractivity contribution >= 4 is 0 Å². The van der Waals surface area contributed by atoms with Gasteiger partial charge in [-0.1, -0.05) is 30.3 Å². The molecule has 0 spiro atoms. The number of aryl methyl sites for hydroxylation is 1. The number of halogens is 5. The largest absolute Gasteiger partial charge is 0.491 e. The Kier molecular flexibility index (Phi) is 6.47. The molecule has 4 unspecified atom stereocenters. The van der Waals surface area contributed by atoms with E-state index in [1.165, 1.54) is 30.3 Å². The number of hydrogen-bond donors (Lipinski definition) is 0. The Morgan fingerprint density at radius 3 is 2.31 bits per heavy atom. The molecule has 3 aromatic rings. The second-order valence-electron chi connectivity index (χ2n) is 8.63. The molecule has 8 heteroatoms. The van der Waals surface area contributed by atoms with Crippen molar-refractivity contribution in [3.05, 3.63) is 94.8 Å². The van der Waals surface area contributed by atoms with Crippen LogP contribution in [0.3, 0.4) is 0 Å². The standard InChI is InChI=1S/C28H23F5O3/c1-3-5-6-14-7-8-15(13-19(14)29)35-28-27(36-28)18-10-9-16-17-11-12-20(34-4-2)24(31)22(17)26(33)25(32)21(16)23(18)30/h3,7-13,25-28H,1,4-6H2,2H3. The summed E-state index contributed by atoms with van der Waals surface area (Å²) in [5.74, 6) is -2.42. The number of alkyl halides is 2. The smallest absolute Gasteiger partial charge is 0.231 e. The lowest BCUT2D eigenvalue weighted by Crippen LogP contribution is -2.17. The van der Waals surface area contributed by atoms with Gasteiger partial charge in [0.25, 0.3) is 0 Å². The molecule has 1 heterocycles. The van der Waals surface area contributed by atoms with Gasteiger partial charge in [-0.05, 0) is 48.6 Å². The van der Waals surface area contributed by atoms with Crippen LogP contribution in [0.15, 0.2) is 55.1 Å². The van der Waals surface area contributed by atoms with Crippen LogP contribution in [0.1, 0.15) is 54.0 Å². The molecule has 5 rings (SSSR count). The number of hydrogen-bond acceptors (Lipinski definition) is 3. The molecule has 188 valence electrons. The van der Waals surface area contributed by atoms with E-state index >= 15 is 13.2 Å². The van der Waals surface area contributed by atoms with Gasteiger partial charge in [0.15, 0.2) is 30.0 Å². The molecule has 36 heavy (non-hydrogen) atoms. The van der Waals surface area contributed by atoms with E-state index < -0.39 is 53.3 Å². The lowest BCUT2D eigenvalue weighted by Gasteiger charge is -2.28. The molecule has 0 radical (unpaired) electrons. The summed E-state index contributed by atoms with van der Waals surface area (Å²) in [6.45, 7) is 5.41. The molecule has 0 amide bonds. The zero-order chi connectivity index (χ0) is 25.6. The second-order valence-corrected chi connectivity index (χ2v) is 8.63. The summed E-state index contributed by atoms with van der Waals surface area (Å²) in [6, 6.07) is 9.89. The summed E-state index contributed by atoms with van der Waals surface area (Å²) in [5, 5.41) is 0. The highest BCUT2D eigenvalue weighted by Gasteiger charge is 2.47. The molecule has 0 bridgehead atoms. The minimum atomic E-state index is -2.42. The van der Waals surface area contributed by atoms with E-state index in [4.69, 9.17) is 14.2 Å². The Morgan fingerprint density at radius 2 is 1.64 bits per heavy atom. The van der Waals surface area contributed by atoms with Crippen molar-refractivity contribution in [3.63, 3.8) is 0 Å². The molecule has 2 aliphatic rings. The van der Waals surface area contributed by atoms with Crippen LogP contribution in [0.2, 0.25) is 0 Å². The molecular formula is C28H23F5O3. The van der Waals surface area contributed by atoms with E-state index in [1.54, 1.807) is 25.1 Å². The van der Waals surface area contributed by atoms with Crippen LogP contribution in [0.25, 0.3) is 11.1 Å². The van der Waals surface area contributed by atoms with Gasteiger partial charge in [-0.15, -0.1) is 6.58 Å². The summed E-state index contributed by atoms with van der Waals surface area (Å²) in [6.07, 6.45) is -3.82. The minimum absolute atomic E-state index is 0.0217. The third kappa shape index (κ3) is 4.13. The van der Waals surface area contributed by atoms with E-state index in [0.717, 1.165) is 0 Å². The van der Waals surface area contributed by atoms with Crippen molar-refractivity contribution in [1.82, 2.24) is 0 Å². The van der Waals surface area contributed by atoms with Crippen molar-refractivity contribution in [2.75, 3.05) is 6.61 Å². The van der Waals surface area contributed by atoms with Crippen molar-refractivity contribution in [3.8, 4) is 22.6 Å². The molecule has 1 fully saturated rings. The Hall–Kier alpha value is -3.39. The first kappa shape index (κ1) is 24.3. The summed E-state index contributed by atoms with van der Waals surface area (Å²) >= 11 is 0. The maximum absolute atomic E-state index is 15.5. The van der Waals surface area contributed by atoms with Crippen molar-refractivity contribution in [2.24, 2.45) is 0 Å². The Balaban J connectivity index is 1.41. The first-order chi connectivity index (χ1) is 17.3.